The van der Waals surface area contributed by atoms with E-state index < -0.39 is 41.4 Å². The lowest BCUT2D eigenvalue weighted by Crippen LogP contribution is -2.72. The van der Waals surface area contributed by atoms with Gasteiger partial charge in [-0.2, -0.15) is 13.2 Å². The zero-order valence-corrected chi connectivity index (χ0v) is 14.0. The molecule has 0 unspecified atom stereocenters. The molecule has 0 aliphatic carbocycles. The van der Waals surface area contributed by atoms with Crippen LogP contribution in [0.2, 0.25) is 0 Å². The average molecular weight is 378 g/mol. The second kappa shape index (κ2) is 6.56. The van der Waals surface area contributed by atoms with E-state index in [-0.39, 0.29) is 17.1 Å². The highest BCUT2D eigenvalue weighted by Gasteiger charge is 2.65. The number of alkyl halides is 3. The number of aromatic hydroxyl groups is 1. The van der Waals surface area contributed by atoms with E-state index in [0.29, 0.717) is 0 Å². The van der Waals surface area contributed by atoms with Crippen LogP contribution in [0.4, 0.5) is 18.0 Å². The summed E-state index contributed by atoms with van der Waals surface area (Å²) in [6.45, 7) is 0.864. The molecule has 1 aromatic rings. The maximum atomic E-state index is 13.4. The molecule has 1 saturated heterocycles. The Morgan fingerprint density at radius 1 is 1.23 bits per heavy atom. The van der Waals surface area contributed by atoms with Crippen molar-refractivity contribution in [2.75, 3.05) is 14.2 Å². The van der Waals surface area contributed by atoms with Gasteiger partial charge in [0.25, 0.3) is 0 Å². The first-order valence-electron chi connectivity index (χ1n) is 7.29. The predicted octanol–water partition coefficient (Wildman–Crippen LogP) is 1.22. The summed E-state index contributed by atoms with van der Waals surface area (Å²) >= 11 is 0. The van der Waals surface area contributed by atoms with E-state index in [1.807, 2.05) is 0 Å². The van der Waals surface area contributed by atoms with Gasteiger partial charge in [-0.1, -0.05) is 0 Å². The third-order valence-corrected chi connectivity index (χ3v) is 4.11. The minimum absolute atomic E-state index is 0.0331. The number of hydrogen-bond donors (Lipinski definition) is 4. The highest BCUT2D eigenvalue weighted by molar-refractivity contribution is 5.86. The number of ether oxygens (including phenoxy) is 2. The fraction of sp³-hybridized carbons (Fsp3) is 0.467. The molecule has 1 aromatic carbocycles. The van der Waals surface area contributed by atoms with Gasteiger partial charge < -0.3 is 30.3 Å². The highest BCUT2D eigenvalue weighted by Crippen LogP contribution is 2.46. The summed E-state index contributed by atoms with van der Waals surface area (Å²) in [5.74, 6) is -3.83. The van der Waals surface area contributed by atoms with Gasteiger partial charge in [-0.15, -0.1) is 0 Å². The molecule has 0 radical (unpaired) electrons. The Bertz CT molecular complexity index is 714. The van der Waals surface area contributed by atoms with E-state index in [1.165, 1.54) is 19.5 Å². The Balaban J connectivity index is 2.66. The molecular formula is C15H17F3N2O6. The van der Waals surface area contributed by atoms with Gasteiger partial charge in [0.05, 0.1) is 26.2 Å². The van der Waals surface area contributed by atoms with Crippen LogP contribution in [0.5, 0.6) is 17.2 Å². The number of carbonyl (C=O) groups excluding carboxylic acids is 2. The largest absolute Gasteiger partial charge is 0.502 e. The molecule has 0 bridgehead atoms. The fourth-order valence-corrected chi connectivity index (χ4v) is 2.90. The molecule has 144 valence electrons. The van der Waals surface area contributed by atoms with Gasteiger partial charge in [-0.3, -0.25) is 4.79 Å². The Morgan fingerprint density at radius 3 is 2.12 bits per heavy atom. The summed E-state index contributed by atoms with van der Waals surface area (Å²) in [6.07, 6.45) is -5.32. The summed E-state index contributed by atoms with van der Waals surface area (Å²) in [5.41, 5.74) is -3.81. The second-order valence-electron chi connectivity index (χ2n) is 5.70. The van der Waals surface area contributed by atoms with E-state index >= 15 is 0 Å². The van der Waals surface area contributed by atoms with Crippen LogP contribution in [0.25, 0.3) is 0 Å². The van der Waals surface area contributed by atoms with E-state index in [9.17, 15) is 33.0 Å². The summed E-state index contributed by atoms with van der Waals surface area (Å²) < 4.78 is 50.1. The van der Waals surface area contributed by atoms with Crippen molar-refractivity contribution >= 4 is 11.8 Å². The minimum atomic E-state index is -5.32. The SMILES string of the molecule is COc1cc([C@H]2NC(=O)N[C@](O)(C(F)(F)F)[C@H]2C(C)=O)cc(OC)c1O. The van der Waals surface area contributed by atoms with Gasteiger partial charge in [0.15, 0.2) is 11.5 Å². The van der Waals surface area contributed by atoms with Crippen LogP contribution in [0, 0.1) is 5.92 Å². The average Bonchev–Trinajstić information content (AvgIpc) is 2.52. The van der Waals surface area contributed by atoms with Crippen molar-refractivity contribution in [2.24, 2.45) is 5.92 Å². The van der Waals surface area contributed by atoms with Crippen LogP contribution in [-0.4, -0.2) is 48.1 Å². The molecule has 1 heterocycles. The van der Waals surface area contributed by atoms with Crippen molar-refractivity contribution in [1.29, 1.82) is 0 Å². The quantitative estimate of drug-likeness (QED) is 0.626. The van der Waals surface area contributed by atoms with Crippen LogP contribution < -0.4 is 20.1 Å². The molecular weight excluding hydrogens is 361 g/mol. The number of urea groups is 1. The summed E-state index contributed by atoms with van der Waals surface area (Å²) in [5, 5.41) is 23.6. The zero-order chi connectivity index (χ0) is 19.9. The maximum absolute atomic E-state index is 13.4. The van der Waals surface area contributed by atoms with Crippen molar-refractivity contribution in [1.82, 2.24) is 10.6 Å². The van der Waals surface area contributed by atoms with Crippen LogP contribution >= 0.6 is 0 Å². The topological polar surface area (TPSA) is 117 Å². The number of hydrogen-bond acceptors (Lipinski definition) is 6. The van der Waals surface area contributed by atoms with Crippen LogP contribution in [0.15, 0.2) is 12.1 Å². The molecule has 8 nitrogen and oxygen atoms in total. The molecule has 0 saturated carbocycles. The molecule has 11 heteroatoms. The van der Waals surface area contributed by atoms with Gasteiger partial charge in [-0.05, 0) is 24.6 Å². The molecule has 0 spiro atoms. The molecule has 1 aliphatic heterocycles. The maximum Gasteiger partial charge on any atom is 0.437 e. The minimum Gasteiger partial charge on any atom is -0.502 e. The highest BCUT2D eigenvalue weighted by atomic mass is 19.4. The van der Waals surface area contributed by atoms with Crippen LogP contribution in [0.3, 0.4) is 0 Å². The summed E-state index contributed by atoms with van der Waals surface area (Å²) in [6, 6.07) is -0.601. The normalized spacial score (nSPS) is 25.9. The Hall–Kier alpha value is -2.69. The number of phenolic OH excluding ortho intramolecular Hbond substituents is 1. The third-order valence-electron chi connectivity index (χ3n) is 4.11. The summed E-state index contributed by atoms with van der Waals surface area (Å²) in [4.78, 5) is 23.7. The molecule has 2 rings (SSSR count). The molecule has 2 amide bonds. The number of phenols is 1. The molecule has 1 fully saturated rings. The van der Waals surface area contributed by atoms with Gasteiger partial charge in [0, 0.05) is 0 Å². The first-order chi connectivity index (χ1) is 12.0. The first-order valence-corrected chi connectivity index (χ1v) is 7.29. The number of methoxy groups -OCH3 is 2. The molecule has 26 heavy (non-hydrogen) atoms. The van der Waals surface area contributed by atoms with E-state index in [4.69, 9.17) is 9.47 Å². The fourth-order valence-electron chi connectivity index (χ4n) is 2.90. The number of ketones is 1. The molecule has 0 aromatic heterocycles. The molecule has 3 atom stereocenters. The summed E-state index contributed by atoms with van der Waals surface area (Å²) in [7, 11) is 2.40. The Labute approximate surface area is 145 Å². The Morgan fingerprint density at radius 2 is 1.73 bits per heavy atom. The van der Waals surface area contributed by atoms with E-state index in [1.54, 1.807) is 0 Å². The molecule has 4 N–H and O–H groups in total. The lowest BCUT2D eigenvalue weighted by Gasteiger charge is -2.44. The first kappa shape index (κ1) is 19.6. The van der Waals surface area contributed by atoms with Crippen LogP contribution in [-0.2, 0) is 4.79 Å². The van der Waals surface area contributed by atoms with Gasteiger partial charge in [0.1, 0.15) is 5.78 Å². The monoisotopic (exact) mass is 378 g/mol. The van der Waals surface area contributed by atoms with Gasteiger partial charge in [0.2, 0.25) is 11.5 Å². The third kappa shape index (κ3) is 3.09. The number of nitrogens with one attached hydrogen (secondary N) is 2. The van der Waals surface area contributed by atoms with Gasteiger partial charge >= 0.3 is 12.2 Å². The lowest BCUT2D eigenvalue weighted by atomic mass is 9.79. The van der Waals surface area contributed by atoms with Crippen molar-refractivity contribution < 1.29 is 42.4 Å². The van der Waals surface area contributed by atoms with Crippen molar-refractivity contribution in [3.63, 3.8) is 0 Å². The predicted molar refractivity (Wildman–Crippen MR) is 80.8 cm³/mol. The second-order valence-corrected chi connectivity index (χ2v) is 5.70. The van der Waals surface area contributed by atoms with Crippen molar-refractivity contribution in [3.05, 3.63) is 17.7 Å². The van der Waals surface area contributed by atoms with E-state index in [0.717, 1.165) is 19.1 Å². The zero-order valence-electron chi connectivity index (χ0n) is 14.0. The van der Waals surface area contributed by atoms with Crippen molar-refractivity contribution in [2.45, 2.75) is 24.9 Å². The van der Waals surface area contributed by atoms with Gasteiger partial charge in [-0.25, -0.2) is 4.79 Å². The van der Waals surface area contributed by atoms with Crippen LogP contribution in [0.1, 0.15) is 18.5 Å². The number of benzene rings is 1. The number of Topliss-reactive ketones (excluding diaryl/α,β-unsaturated/α-hetero) is 1. The molecule has 1 aliphatic rings. The number of rotatable bonds is 4. The Kier molecular flexibility index (Phi) is 4.95. The number of halogens is 3. The number of amides is 2. The lowest BCUT2D eigenvalue weighted by molar-refractivity contribution is -0.290. The standard InChI is InChI=1S/C15H17F3N2O6/c1-6(21)10-11(19-13(23)20-14(10,24)15(16,17)18)7-4-8(25-2)12(22)9(5-7)26-3/h4-5,10-11,22,24H,1-3H3,(H2,19,20,23)/t10-,11+,14+/m0/s1. The number of aliphatic hydroxyl groups is 1. The van der Waals surface area contributed by atoms with E-state index in [2.05, 4.69) is 5.32 Å². The number of carbonyl (C=O) groups is 2. The van der Waals surface area contributed by atoms with Crippen molar-refractivity contribution in [3.8, 4) is 17.2 Å². The smallest absolute Gasteiger partial charge is 0.437 e.